The number of benzene rings is 2. The Bertz CT molecular complexity index is 1280. The molecule has 1 aliphatic rings. The number of nitrogens with zero attached hydrogens (tertiary/aromatic N) is 2. The number of oxazole rings is 1. The van der Waals surface area contributed by atoms with Crippen molar-refractivity contribution < 1.29 is 33.1 Å². The number of carbonyl (C=O) groups excluding carboxylic acids is 1. The van der Waals surface area contributed by atoms with Crippen molar-refractivity contribution in [3.05, 3.63) is 63.0 Å². The van der Waals surface area contributed by atoms with E-state index >= 15 is 0 Å². The third-order valence-electron chi connectivity index (χ3n) is 5.69. The molecule has 11 heteroatoms. The molecule has 2 heterocycles. The summed E-state index contributed by atoms with van der Waals surface area (Å²) in [6.07, 6.45) is -2.01. The van der Waals surface area contributed by atoms with Gasteiger partial charge in [-0.15, -0.1) is 0 Å². The molecule has 0 amide bonds. The summed E-state index contributed by atoms with van der Waals surface area (Å²) in [5.41, 5.74) is 0.0382. The van der Waals surface area contributed by atoms with Crippen molar-refractivity contribution in [1.82, 2.24) is 4.57 Å². The zero-order valence-corrected chi connectivity index (χ0v) is 19.2. The van der Waals surface area contributed by atoms with E-state index in [-0.39, 0.29) is 10.5 Å². The lowest BCUT2D eigenvalue weighted by Crippen LogP contribution is -2.62. The predicted molar refractivity (Wildman–Crippen MR) is 119 cm³/mol. The minimum absolute atomic E-state index is 0.103. The van der Waals surface area contributed by atoms with Crippen molar-refractivity contribution in [2.75, 3.05) is 14.2 Å². The van der Waals surface area contributed by atoms with Crippen LogP contribution in [-0.2, 0) is 19.0 Å². The minimum Gasteiger partial charge on any atom is -0.478 e. The number of ether oxygens (including phenoxy) is 4. The standard InChI is InChI=1S/C22H22N2O8S/c1-12(25)30-19-18(23-15-7-5-6-8-17(15)31-21(23)33)14-11-13(24(26)27)9-10-16(14)32-22(19,2)20(28-3)29-4/h5-11,18-20H,1-4H3/t18-,19-,22-/m1/s1. The Hall–Kier alpha value is -3.28. The highest BCUT2D eigenvalue weighted by molar-refractivity contribution is 7.71. The third-order valence-corrected chi connectivity index (χ3v) is 5.97. The highest BCUT2D eigenvalue weighted by atomic mass is 32.1. The second-order valence-corrected chi connectivity index (χ2v) is 8.10. The zero-order valence-electron chi connectivity index (χ0n) is 18.3. The van der Waals surface area contributed by atoms with E-state index in [0.29, 0.717) is 22.4 Å². The maximum absolute atomic E-state index is 12.2. The molecule has 3 atom stereocenters. The van der Waals surface area contributed by atoms with Crippen molar-refractivity contribution in [2.24, 2.45) is 0 Å². The van der Waals surface area contributed by atoms with Crippen LogP contribution in [0.25, 0.3) is 11.1 Å². The van der Waals surface area contributed by atoms with Gasteiger partial charge in [-0.05, 0) is 37.3 Å². The first-order valence-corrected chi connectivity index (χ1v) is 10.4. The van der Waals surface area contributed by atoms with Crippen molar-refractivity contribution in [2.45, 2.75) is 37.9 Å². The number of rotatable bonds is 6. The van der Waals surface area contributed by atoms with Gasteiger partial charge in [0.2, 0.25) is 6.29 Å². The molecule has 0 spiro atoms. The van der Waals surface area contributed by atoms with Crippen LogP contribution in [0.4, 0.5) is 5.69 Å². The van der Waals surface area contributed by atoms with Gasteiger partial charge in [0.25, 0.3) is 10.5 Å². The van der Waals surface area contributed by atoms with E-state index in [1.165, 1.54) is 39.3 Å². The maximum atomic E-state index is 12.2. The molecule has 2 aromatic carbocycles. The fourth-order valence-corrected chi connectivity index (χ4v) is 4.68. The molecule has 0 radical (unpaired) electrons. The number of nitro benzene ring substituents is 1. The van der Waals surface area contributed by atoms with Crippen molar-refractivity contribution in [3.8, 4) is 5.75 Å². The lowest BCUT2D eigenvalue weighted by atomic mass is 9.83. The van der Waals surface area contributed by atoms with Crippen LogP contribution in [0, 0.1) is 15.0 Å². The Kier molecular flexibility index (Phi) is 5.95. The van der Waals surface area contributed by atoms with Gasteiger partial charge < -0.3 is 23.4 Å². The predicted octanol–water partition coefficient (Wildman–Crippen LogP) is 4.16. The Morgan fingerprint density at radius 1 is 1.24 bits per heavy atom. The van der Waals surface area contributed by atoms with Gasteiger partial charge in [-0.3, -0.25) is 19.5 Å². The van der Waals surface area contributed by atoms with Crippen LogP contribution in [0.1, 0.15) is 25.5 Å². The lowest BCUT2D eigenvalue weighted by molar-refractivity contribution is -0.385. The molecule has 0 N–H and O–H groups in total. The van der Waals surface area contributed by atoms with Crippen LogP contribution in [-0.4, -0.2) is 47.7 Å². The smallest absolute Gasteiger partial charge is 0.303 e. The summed E-state index contributed by atoms with van der Waals surface area (Å²) in [7, 11) is 2.87. The second kappa shape index (κ2) is 8.58. The van der Waals surface area contributed by atoms with E-state index in [1.54, 1.807) is 29.7 Å². The molecule has 0 bridgehead atoms. The molecule has 4 rings (SSSR count). The number of aromatic nitrogens is 1. The number of hydrogen-bond donors (Lipinski definition) is 0. The number of para-hydroxylation sites is 2. The van der Waals surface area contributed by atoms with Gasteiger partial charge in [0.1, 0.15) is 11.8 Å². The lowest BCUT2D eigenvalue weighted by Gasteiger charge is -2.47. The van der Waals surface area contributed by atoms with Gasteiger partial charge in [0.15, 0.2) is 17.3 Å². The fraction of sp³-hybridized carbons (Fsp3) is 0.364. The van der Waals surface area contributed by atoms with Crippen LogP contribution in [0.3, 0.4) is 0 Å². The Labute approximate surface area is 193 Å². The molecule has 0 saturated carbocycles. The first-order chi connectivity index (χ1) is 15.7. The number of non-ortho nitro benzene ring substituents is 1. The van der Waals surface area contributed by atoms with Crippen LogP contribution >= 0.6 is 12.2 Å². The van der Waals surface area contributed by atoms with Crippen molar-refractivity contribution in [3.63, 3.8) is 0 Å². The Morgan fingerprint density at radius 2 is 1.94 bits per heavy atom. The van der Waals surface area contributed by atoms with Gasteiger partial charge in [-0.2, -0.15) is 0 Å². The van der Waals surface area contributed by atoms with Crippen LogP contribution in [0.15, 0.2) is 46.9 Å². The normalized spacial score (nSPS) is 22.1. The Balaban J connectivity index is 2.07. The van der Waals surface area contributed by atoms with Gasteiger partial charge in [-0.25, -0.2) is 0 Å². The first kappa shape index (κ1) is 22.9. The molecule has 0 aliphatic carbocycles. The summed E-state index contributed by atoms with van der Waals surface area (Å²) >= 11 is 5.53. The van der Waals surface area contributed by atoms with Gasteiger partial charge >= 0.3 is 5.97 Å². The highest BCUT2D eigenvalue weighted by Crippen LogP contribution is 2.47. The molecule has 1 aliphatic heterocycles. The largest absolute Gasteiger partial charge is 0.478 e. The second-order valence-electron chi connectivity index (χ2n) is 7.75. The van der Waals surface area contributed by atoms with Crippen molar-refractivity contribution >= 4 is 35.0 Å². The molecular weight excluding hydrogens is 452 g/mol. The number of carbonyl (C=O) groups is 1. The summed E-state index contributed by atoms with van der Waals surface area (Å²) in [6.45, 7) is 2.95. The van der Waals surface area contributed by atoms with Gasteiger partial charge in [-0.1, -0.05) is 12.1 Å². The molecule has 0 unspecified atom stereocenters. The van der Waals surface area contributed by atoms with Crippen LogP contribution in [0.2, 0.25) is 0 Å². The molecule has 3 aromatic rings. The number of fused-ring (bicyclic) bond motifs is 2. The molecule has 33 heavy (non-hydrogen) atoms. The van der Waals surface area contributed by atoms with E-state index in [0.717, 1.165) is 0 Å². The first-order valence-electron chi connectivity index (χ1n) is 10.0. The van der Waals surface area contributed by atoms with Gasteiger partial charge in [0.05, 0.1) is 10.4 Å². The number of esters is 1. The summed E-state index contributed by atoms with van der Waals surface area (Å²) in [4.78, 5) is 23.4. The minimum atomic E-state index is -1.35. The molecular formula is C22H22N2O8S. The molecule has 10 nitrogen and oxygen atoms in total. The fourth-order valence-electron chi connectivity index (χ4n) is 4.37. The molecule has 0 fully saturated rings. The third kappa shape index (κ3) is 3.77. The molecule has 0 saturated heterocycles. The number of nitro groups is 1. The zero-order chi connectivity index (χ0) is 23.9. The topological polar surface area (TPSA) is 115 Å². The summed E-state index contributed by atoms with van der Waals surface area (Å²) < 4.78 is 30.5. The highest BCUT2D eigenvalue weighted by Gasteiger charge is 2.56. The monoisotopic (exact) mass is 474 g/mol. The van der Waals surface area contributed by atoms with E-state index in [2.05, 4.69) is 0 Å². The van der Waals surface area contributed by atoms with E-state index in [1.807, 2.05) is 6.07 Å². The van der Waals surface area contributed by atoms with Gasteiger partial charge in [0, 0.05) is 38.8 Å². The molecule has 174 valence electrons. The van der Waals surface area contributed by atoms with E-state index in [9.17, 15) is 14.9 Å². The van der Waals surface area contributed by atoms with Crippen LogP contribution in [0.5, 0.6) is 5.75 Å². The van der Waals surface area contributed by atoms with Crippen LogP contribution < -0.4 is 4.74 Å². The average Bonchev–Trinajstić information content (AvgIpc) is 3.10. The maximum Gasteiger partial charge on any atom is 0.303 e. The van der Waals surface area contributed by atoms with E-state index < -0.39 is 34.9 Å². The van der Waals surface area contributed by atoms with Crippen molar-refractivity contribution in [1.29, 1.82) is 0 Å². The summed E-state index contributed by atoms with van der Waals surface area (Å²) in [6, 6.07) is 10.5. The van der Waals surface area contributed by atoms with E-state index in [4.69, 9.17) is 35.6 Å². The average molecular weight is 474 g/mol. The SMILES string of the molecule is COC(OC)[C@]1(C)Oc2ccc([N+](=O)[O-])cc2[C@@H](n2c(=S)oc3ccccc32)[C@H]1OC(C)=O. The summed E-state index contributed by atoms with van der Waals surface area (Å²) in [5, 5.41) is 11.5. The number of methoxy groups -OCH3 is 2. The quantitative estimate of drug-likeness (QED) is 0.171. The summed E-state index contributed by atoms with van der Waals surface area (Å²) in [5.74, 6) is -0.248. The number of hydrogen-bond acceptors (Lipinski definition) is 9. The Morgan fingerprint density at radius 3 is 2.58 bits per heavy atom. The molecule has 1 aromatic heterocycles.